The van der Waals surface area contributed by atoms with Gasteiger partial charge in [0.1, 0.15) is 0 Å². The van der Waals surface area contributed by atoms with Crippen LogP contribution in [0.15, 0.2) is 48.5 Å². The van der Waals surface area contributed by atoms with E-state index in [1.54, 1.807) is 12.1 Å². The molecule has 2 aromatic carbocycles. The standard InChI is InChI=1S/C20H22N2O2/c21-19(23)16-8-3-5-14(13-16)11-12-22-20(24)18-10-4-7-15-6-1-2-9-17(15)18/h1-3,5-6,8-9,13,18H,4,7,10-12H2,(H2,21,23)(H,22,24)/t18-/m0/s1. The fraction of sp³-hybridized carbons (Fsp3) is 0.300. The van der Waals surface area contributed by atoms with Crippen molar-refractivity contribution in [1.82, 2.24) is 5.32 Å². The molecule has 0 bridgehead atoms. The van der Waals surface area contributed by atoms with Crippen molar-refractivity contribution >= 4 is 11.8 Å². The van der Waals surface area contributed by atoms with Gasteiger partial charge >= 0.3 is 0 Å². The summed E-state index contributed by atoms with van der Waals surface area (Å²) in [5, 5.41) is 3.04. The number of fused-ring (bicyclic) bond motifs is 1. The lowest BCUT2D eigenvalue weighted by molar-refractivity contribution is -0.122. The highest BCUT2D eigenvalue weighted by Gasteiger charge is 2.25. The molecule has 24 heavy (non-hydrogen) atoms. The first kappa shape index (κ1) is 16.2. The minimum atomic E-state index is -0.431. The quantitative estimate of drug-likeness (QED) is 0.888. The first-order valence-corrected chi connectivity index (χ1v) is 8.39. The van der Waals surface area contributed by atoms with Crippen molar-refractivity contribution in [3.8, 4) is 0 Å². The summed E-state index contributed by atoms with van der Waals surface area (Å²) in [5.74, 6) is -0.389. The summed E-state index contributed by atoms with van der Waals surface area (Å²) < 4.78 is 0. The van der Waals surface area contributed by atoms with Gasteiger partial charge in [-0.1, -0.05) is 36.4 Å². The van der Waals surface area contributed by atoms with E-state index in [1.807, 2.05) is 24.3 Å². The van der Waals surface area contributed by atoms with Gasteiger partial charge < -0.3 is 11.1 Å². The van der Waals surface area contributed by atoms with Crippen molar-refractivity contribution in [3.63, 3.8) is 0 Å². The maximum Gasteiger partial charge on any atom is 0.248 e. The Morgan fingerprint density at radius 2 is 1.96 bits per heavy atom. The van der Waals surface area contributed by atoms with Crippen molar-refractivity contribution in [2.45, 2.75) is 31.6 Å². The molecule has 4 heteroatoms. The number of aryl methyl sites for hydroxylation is 1. The van der Waals surface area contributed by atoms with Crippen LogP contribution >= 0.6 is 0 Å². The third-order valence-electron chi connectivity index (χ3n) is 4.61. The van der Waals surface area contributed by atoms with Gasteiger partial charge in [0, 0.05) is 12.1 Å². The molecule has 4 nitrogen and oxygen atoms in total. The number of hydrogen-bond acceptors (Lipinski definition) is 2. The van der Waals surface area contributed by atoms with Gasteiger partial charge in [0.2, 0.25) is 11.8 Å². The zero-order valence-electron chi connectivity index (χ0n) is 13.6. The Balaban J connectivity index is 1.59. The van der Waals surface area contributed by atoms with Crippen LogP contribution in [-0.2, 0) is 17.6 Å². The molecule has 0 saturated heterocycles. The number of nitrogens with one attached hydrogen (secondary N) is 1. The van der Waals surface area contributed by atoms with Gasteiger partial charge in [-0.25, -0.2) is 0 Å². The van der Waals surface area contributed by atoms with Crippen molar-refractivity contribution in [3.05, 3.63) is 70.8 Å². The molecule has 0 aromatic heterocycles. The lowest BCUT2D eigenvalue weighted by atomic mass is 9.82. The molecule has 2 amide bonds. The first-order valence-electron chi connectivity index (χ1n) is 8.39. The van der Waals surface area contributed by atoms with E-state index in [9.17, 15) is 9.59 Å². The van der Waals surface area contributed by atoms with Crippen LogP contribution in [0.1, 0.15) is 45.8 Å². The van der Waals surface area contributed by atoms with E-state index in [2.05, 4.69) is 17.4 Å². The SMILES string of the molecule is NC(=O)c1cccc(CCNC(=O)[C@H]2CCCc3ccccc32)c1. The summed E-state index contributed by atoms with van der Waals surface area (Å²) in [7, 11) is 0. The van der Waals surface area contributed by atoms with Gasteiger partial charge in [-0.3, -0.25) is 9.59 Å². The molecule has 0 heterocycles. The van der Waals surface area contributed by atoms with Crippen molar-refractivity contribution < 1.29 is 9.59 Å². The number of hydrogen-bond donors (Lipinski definition) is 2. The van der Waals surface area contributed by atoms with E-state index < -0.39 is 5.91 Å². The molecule has 1 aliphatic rings. The van der Waals surface area contributed by atoms with Crippen LogP contribution in [0.2, 0.25) is 0 Å². The van der Waals surface area contributed by atoms with E-state index >= 15 is 0 Å². The predicted molar refractivity (Wildman–Crippen MR) is 93.8 cm³/mol. The molecular formula is C20H22N2O2. The summed E-state index contributed by atoms with van der Waals surface area (Å²) >= 11 is 0. The number of benzene rings is 2. The smallest absolute Gasteiger partial charge is 0.248 e. The minimum absolute atomic E-state index is 0.0492. The Labute approximate surface area is 142 Å². The monoisotopic (exact) mass is 322 g/mol. The molecule has 0 aliphatic heterocycles. The maximum absolute atomic E-state index is 12.5. The largest absolute Gasteiger partial charge is 0.366 e. The van der Waals surface area contributed by atoms with Gasteiger partial charge in [-0.05, 0) is 54.5 Å². The lowest BCUT2D eigenvalue weighted by Crippen LogP contribution is -2.32. The Hall–Kier alpha value is -2.62. The zero-order valence-corrected chi connectivity index (χ0v) is 13.6. The summed E-state index contributed by atoms with van der Waals surface area (Å²) in [6, 6.07) is 15.4. The van der Waals surface area contributed by atoms with Gasteiger partial charge in [-0.15, -0.1) is 0 Å². The van der Waals surface area contributed by atoms with E-state index in [0.29, 0.717) is 18.5 Å². The second-order valence-electron chi connectivity index (χ2n) is 6.25. The van der Waals surface area contributed by atoms with Crippen LogP contribution < -0.4 is 11.1 Å². The fourth-order valence-electron chi connectivity index (χ4n) is 3.36. The highest BCUT2D eigenvalue weighted by molar-refractivity contribution is 5.92. The molecule has 3 N–H and O–H groups in total. The number of rotatable bonds is 5. The number of primary amides is 1. The molecule has 0 saturated carbocycles. The van der Waals surface area contributed by atoms with E-state index in [-0.39, 0.29) is 11.8 Å². The maximum atomic E-state index is 12.5. The molecular weight excluding hydrogens is 300 g/mol. The van der Waals surface area contributed by atoms with Crippen LogP contribution in [0.4, 0.5) is 0 Å². The second kappa shape index (κ2) is 7.30. The fourth-order valence-corrected chi connectivity index (χ4v) is 3.36. The highest BCUT2D eigenvalue weighted by Crippen LogP contribution is 2.31. The Morgan fingerprint density at radius 3 is 2.79 bits per heavy atom. The van der Waals surface area contributed by atoms with E-state index in [0.717, 1.165) is 30.4 Å². The number of nitrogens with two attached hydrogens (primary N) is 1. The van der Waals surface area contributed by atoms with Crippen LogP contribution in [0.5, 0.6) is 0 Å². The molecule has 2 aromatic rings. The molecule has 3 rings (SSSR count). The first-order chi connectivity index (χ1) is 11.6. The topological polar surface area (TPSA) is 72.2 Å². The van der Waals surface area contributed by atoms with Crippen LogP contribution in [-0.4, -0.2) is 18.4 Å². The summed E-state index contributed by atoms with van der Waals surface area (Å²) in [4.78, 5) is 23.8. The molecule has 0 spiro atoms. The predicted octanol–water partition coefficient (Wildman–Crippen LogP) is 2.56. The average Bonchev–Trinajstić information content (AvgIpc) is 2.61. The second-order valence-corrected chi connectivity index (χ2v) is 6.25. The minimum Gasteiger partial charge on any atom is -0.366 e. The van der Waals surface area contributed by atoms with Crippen LogP contribution in [0.25, 0.3) is 0 Å². The Morgan fingerprint density at radius 1 is 1.12 bits per heavy atom. The Kier molecular flexibility index (Phi) is 4.94. The average molecular weight is 322 g/mol. The molecule has 1 atom stereocenters. The van der Waals surface area contributed by atoms with Gasteiger partial charge in [0.05, 0.1) is 5.92 Å². The molecule has 0 radical (unpaired) electrons. The third-order valence-corrected chi connectivity index (χ3v) is 4.61. The van der Waals surface area contributed by atoms with Crippen LogP contribution in [0, 0.1) is 0 Å². The van der Waals surface area contributed by atoms with Crippen molar-refractivity contribution in [2.75, 3.05) is 6.54 Å². The normalized spacial score (nSPS) is 16.2. The summed E-state index contributed by atoms with van der Waals surface area (Å²) in [6.45, 7) is 0.555. The molecule has 1 aliphatic carbocycles. The summed E-state index contributed by atoms with van der Waals surface area (Å²) in [5.41, 5.74) is 9.24. The van der Waals surface area contributed by atoms with E-state index in [4.69, 9.17) is 5.73 Å². The zero-order chi connectivity index (χ0) is 16.9. The van der Waals surface area contributed by atoms with Crippen LogP contribution in [0.3, 0.4) is 0 Å². The van der Waals surface area contributed by atoms with Gasteiger partial charge in [0.15, 0.2) is 0 Å². The molecule has 0 unspecified atom stereocenters. The third kappa shape index (κ3) is 3.65. The number of amides is 2. The van der Waals surface area contributed by atoms with E-state index in [1.165, 1.54) is 5.56 Å². The molecule has 124 valence electrons. The summed E-state index contributed by atoms with van der Waals surface area (Å²) in [6.07, 6.45) is 3.69. The van der Waals surface area contributed by atoms with Gasteiger partial charge in [0.25, 0.3) is 0 Å². The van der Waals surface area contributed by atoms with Gasteiger partial charge in [-0.2, -0.15) is 0 Å². The van der Waals surface area contributed by atoms with Crippen molar-refractivity contribution in [1.29, 1.82) is 0 Å². The lowest BCUT2D eigenvalue weighted by Gasteiger charge is -2.24. The number of carbonyl (C=O) groups excluding carboxylic acids is 2. The molecule has 0 fully saturated rings. The van der Waals surface area contributed by atoms with Crippen molar-refractivity contribution in [2.24, 2.45) is 5.73 Å². The highest BCUT2D eigenvalue weighted by atomic mass is 16.2. The number of carbonyl (C=O) groups is 2. The Bertz CT molecular complexity index is 755.